The van der Waals surface area contributed by atoms with E-state index >= 15 is 0 Å². The summed E-state index contributed by atoms with van der Waals surface area (Å²) in [4.78, 5) is 22.8. The smallest absolute Gasteiger partial charge is 0.293 e. The van der Waals surface area contributed by atoms with Crippen LogP contribution in [0.25, 0.3) is 0 Å². The van der Waals surface area contributed by atoms with E-state index in [1.807, 2.05) is 27.7 Å². The molecule has 0 fully saturated rings. The van der Waals surface area contributed by atoms with E-state index < -0.39 is 4.92 Å². The minimum absolute atomic E-state index is 0.00875. The van der Waals surface area contributed by atoms with E-state index in [1.54, 1.807) is 12.1 Å². The maximum atomic E-state index is 12.1. The molecule has 0 aliphatic carbocycles. The first-order chi connectivity index (χ1) is 9.86. The lowest BCUT2D eigenvalue weighted by molar-refractivity contribution is -0.384. The number of benzene rings is 1. The van der Waals surface area contributed by atoms with Crippen molar-refractivity contribution < 1.29 is 9.72 Å². The Kier molecular flexibility index (Phi) is 6.14. The van der Waals surface area contributed by atoms with Crippen LogP contribution in [-0.4, -0.2) is 23.4 Å². The van der Waals surface area contributed by atoms with Crippen LogP contribution in [0.2, 0.25) is 0 Å². The van der Waals surface area contributed by atoms with Gasteiger partial charge in [-0.05, 0) is 31.4 Å². The van der Waals surface area contributed by atoms with Gasteiger partial charge in [-0.3, -0.25) is 14.9 Å². The number of carbonyl (C=O) groups is 1. The standard InChI is InChI=1S/C15H23N3O3/c1-5-8-16-13-7-6-12(9-14(13)18(20)21)15(19)17-11(4)10(2)3/h6-7,9-11,16H,5,8H2,1-4H3,(H,17,19). The molecule has 1 atom stereocenters. The number of nitrogens with zero attached hydrogens (tertiary/aromatic N) is 1. The van der Waals surface area contributed by atoms with Gasteiger partial charge in [0.15, 0.2) is 0 Å². The zero-order valence-corrected chi connectivity index (χ0v) is 13.0. The Morgan fingerprint density at radius 2 is 2.00 bits per heavy atom. The molecule has 1 aromatic carbocycles. The Bertz CT molecular complexity index is 515. The first kappa shape index (κ1) is 16.9. The second-order valence-corrected chi connectivity index (χ2v) is 5.42. The van der Waals surface area contributed by atoms with Crippen LogP contribution >= 0.6 is 0 Å². The van der Waals surface area contributed by atoms with E-state index in [4.69, 9.17) is 0 Å². The molecule has 116 valence electrons. The highest BCUT2D eigenvalue weighted by atomic mass is 16.6. The van der Waals surface area contributed by atoms with E-state index in [0.29, 0.717) is 23.7 Å². The molecule has 0 radical (unpaired) electrons. The zero-order chi connectivity index (χ0) is 16.0. The molecular formula is C15H23N3O3. The molecule has 1 aromatic rings. The average molecular weight is 293 g/mol. The number of carbonyl (C=O) groups excluding carboxylic acids is 1. The number of hydrogen-bond donors (Lipinski definition) is 2. The van der Waals surface area contributed by atoms with Crippen molar-refractivity contribution in [3.05, 3.63) is 33.9 Å². The van der Waals surface area contributed by atoms with Gasteiger partial charge in [0.25, 0.3) is 11.6 Å². The monoisotopic (exact) mass is 293 g/mol. The van der Waals surface area contributed by atoms with Crippen molar-refractivity contribution in [1.82, 2.24) is 5.32 Å². The van der Waals surface area contributed by atoms with Crippen molar-refractivity contribution in [2.24, 2.45) is 5.92 Å². The highest BCUT2D eigenvalue weighted by molar-refractivity contribution is 5.95. The van der Waals surface area contributed by atoms with Gasteiger partial charge in [-0.2, -0.15) is 0 Å². The average Bonchev–Trinajstić information content (AvgIpc) is 2.44. The first-order valence-corrected chi connectivity index (χ1v) is 7.20. The predicted molar refractivity (Wildman–Crippen MR) is 83.6 cm³/mol. The van der Waals surface area contributed by atoms with Gasteiger partial charge in [-0.1, -0.05) is 20.8 Å². The van der Waals surface area contributed by atoms with Crippen LogP contribution in [0.3, 0.4) is 0 Å². The Morgan fingerprint density at radius 1 is 1.33 bits per heavy atom. The van der Waals surface area contributed by atoms with Crippen LogP contribution < -0.4 is 10.6 Å². The number of anilines is 1. The van der Waals surface area contributed by atoms with Crippen LogP contribution in [0.1, 0.15) is 44.5 Å². The van der Waals surface area contributed by atoms with Gasteiger partial charge < -0.3 is 10.6 Å². The SMILES string of the molecule is CCCNc1ccc(C(=O)NC(C)C(C)C)cc1[N+](=O)[O-]. The fraction of sp³-hybridized carbons (Fsp3) is 0.533. The van der Waals surface area contributed by atoms with Crippen LogP contribution in [0.5, 0.6) is 0 Å². The molecular weight excluding hydrogens is 270 g/mol. The van der Waals surface area contributed by atoms with E-state index in [0.717, 1.165) is 6.42 Å². The maximum Gasteiger partial charge on any atom is 0.293 e. The van der Waals surface area contributed by atoms with Gasteiger partial charge in [0.1, 0.15) is 5.69 Å². The maximum absolute atomic E-state index is 12.1. The summed E-state index contributed by atoms with van der Waals surface area (Å²) >= 11 is 0. The molecule has 1 rings (SSSR count). The Hall–Kier alpha value is -2.11. The molecule has 0 aliphatic rings. The second kappa shape index (κ2) is 7.61. The van der Waals surface area contributed by atoms with E-state index in [9.17, 15) is 14.9 Å². The summed E-state index contributed by atoms with van der Waals surface area (Å²) in [6, 6.07) is 4.52. The van der Waals surface area contributed by atoms with Gasteiger partial charge >= 0.3 is 0 Å². The molecule has 1 amide bonds. The summed E-state index contributed by atoms with van der Waals surface area (Å²) in [7, 11) is 0. The summed E-state index contributed by atoms with van der Waals surface area (Å²) in [5.74, 6) is 0.00997. The number of nitro groups is 1. The lowest BCUT2D eigenvalue weighted by Gasteiger charge is -2.17. The minimum Gasteiger partial charge on any atom is -0.380 e. The van der Waals surface area contributed by atoms with Crippen LogP contribution in [0, 0.1) is 16.0 Å². The fourth-order valence-electron chi connectivity index (χ4n) is 1.69. The van der Waals surface area contributed by atoms with Crippen molar-refractivity contribution in [3.63, 3.8) is 0 Å². The van der Waals surface area contributed by atoms with Gasteiger partial charge in [0.2, 0.25) is 0 Å². The molecule has 1 unspecified atom stereocenters. The van der Waals surface area contributed by atoms with Crippen molar-refractivity contribution in [2.45, 2.75) is 40.2 Å². The van der Waals surface area contributed by atoms with E-state index in [2.05, 4.69) is 10.6 Å². The molecule has 6 nitrogen and oxygen atoms in total. The molecule has 2 N–H and O–H groups in total. The third kappa shape index (κ3) is 4.73. The fourth-order valence-corrected chi connectivity index (χ4v) is 1.69. The van der Waals surface area contributed by atoms with E-state index in [1.165, 1.54) is 6.07 Å². The number of amides is 1. The topological polar surface area (TPSA) is 84.3 Å². The minimum atomic E-state index is -0.472. The van der Waals surface area contributed by atoms with Crippen LogP contribution in [-0.2, 0) is 0 Å². The molecule has 21 heavy (non-hydrogen) atoms. The summed E-state index contributed by atoms with van der Waals surface area (Å²) in [5, 5.41) is 17.0. The molecule has 0 heterocycles. The van der Waals surface area contributed by atoms with Crippen molar-refractivity contribution >= 4 is 17.3 Å². The van der Waals surface area contributed by atoms with Crippen LogP contribution in [0.4, 0.5) is 11.4 Å². The first-order valence-electron chi connectivity index (χ1n) is 7.20. The summed E-state index contributed by atoms with van der Waals surface area (Å²) in [6.07, 6.45) is 0.866. The highest BCUT2D eigenvalue weighted by Gasteiger charge is 2.19. The normalized spacial score (nSPS) is 12.0. The van der Waals surface area contributed by atoms with Gasteiger partial charge in [0.05, 0.1) is 4.92 Å². The largest absolute Gasteiger partial charge is 0.380 e. The zero-order valence-electron chi connectivity index (χ0n) is 13.0. The van der Waals surface area contributed by atoms with Crippen molar-refractivity contribution in [3.8, 4) is 0 Å². The van der Waals surface area contributed by atoms with Crippen molar-refractivity contribution in [1.29, 1.82) is 0 Å². The molecule has 6 heteroatoms. The second-order valence-electron chi connectivity index (χ2n) is 5.42. The van der Waals surface area contributed by atoms with E-state index in [-0.39, 0.29) is 17.6 Å². The van der Waals surface area contributed by atoms with Gasteiger partial charge in [-0.25, -0.2) is 0 Å². The molecule has 0 aromatic heterocycles. The predicted octanol–water partition coefficient (Wildman–Crippen LogP) is 3.19. The number of hydrogen-bond acceptors (Lipinski definition) is 4. The van der Waals surface area contributed by atoms with Crippen LogP contribution in [0.15, 0.2) is 18.2 Å². The molecule has 0 saturated carbocycles. The quantitative estimate of drug-likeness (QED) is 0.597. The molecule has 0 aliphatic heterocycles. The summed E-state index contributed by atoms with van der Waals surface area (Å²) in [6.45, 7) is 8.55. The number of nitro benzene ring substituents is 1. The summed E-state index contributed by atoms with van der Waals surface area (Å²) in [5.41, 5.74) is 0.667. The number of rotatable bonds is 7. The molecule has 0 saturated heterocycles. The third-order valence-corrected chi connectivity index (χ3v) is 3.38. The third-order valence-electron chi connectivity index (χ3n) is 3.38. The Morgan fingerprint density at radius 3 is 2.52 bits per heavy atom. The summed E-state index contributed by atoms with van der Waals surface area (Å²) < 4.78 is 0. The molecule has 0 spiro atoms. The number of nitrogens with one attached hydrogen (secondary N) is 2. The highest BCUT2D eigenvalue weighted by Crippen LogP contribution is 2.25. The van der Waals surface area contributed by atoms with Gasteiger partial charge in [-0.15, -0.1) is 0 Å². The van der Waals surface area contributed by atoms with Crippen molar-refractivity contribution in [2.75, 3.05) is 11.9 Å². The lowest BCUT2D eigenvalue weighted by atomic mass is 10.1. The lowest BCUT2D eigenvalue weighted by Crippen LogP contribution is -2.36. The molecule has 0 bridgehead atoms. The Labute approximate surface area is 125 Å². The Balaban J connectivity index is 2.97. The van der Waals surface area contributed by atoms with Gasteiger partial charge in [0, 0.05) is 24.2 Å².